The molecule has 1 N–H and O–H groups in total. The lowest BCUT2D eigenvalue weighted by Crippen LogP contribution is -2.03. The van der Waals surface area contributed by atoms with E-state index in [2.05, 4.69) is 15.2 Å². The number of hydrogen-bond acceptors (Lipinski definition) is 4. The number of nitrogens with zero attached hydrogens (tertiary/aromatic N) is 4. The first-order valence-corrected chi connectivity index (χ1v) is 4.66. The number of hydrogen-bond donors (Lipinski definition) is 1. The predicted molar refractivity (Wildman–Crippen MR) is 54.6 cm³/mol. The minimum atomic E-state index is -0.132. The second kappa shape index (κ2) is 3.78. The summed E-state index contributed by atoms with van der Waals surface area (Å²) in [7, 11) is 0. The average molecular weight is 204 g/mol. The van der Waals surface area contributed by atoms with Gasteiger partial charge in [-0.25, -0.2) is 0 Å². The Balaban J connectivity index is 2.54. The van der Waals surface area contributed by atoms with Crippen LogP contribution in [0, 0.1) is 13.8 Å². The first-order chi connectivity index (χ1) is 7.22. The monoisotopic (exact) mass is 204 g/mol. The summed E-state index contributed by atoms with van der Waals surface area (Å²) in [5, 5.41) is 16.6. The van der Waals surface area contributed by atoms with Gasteiger partial charge in [0.15, 0.2) is 5.82 Å². The van der Waals surface area contributed by atoms with Gasteiger partial charge >= 0.3 is 0 Å². The Labute approximate surface area is 87.4 Å². The molecule has 2 heterocycles. The Morgan fingerprint density at radius 2 is 2.13 bits per heavy atom. The molecule has 5 nitrogen and oxygen atoms in total. The number of rotatable bonds is 2. The van der Waals surface area contributed by atoms with Crippen LogP contribution in [0.1, 0.15) is 17.2 Å². The third-order valence-electron chi connectivity index (χ3n) is 2.22. The molecular weight excluding hydrogens is 192 g/mol. The Hall–Kier alpha value is -1.75. The standard InChI is InChI=1S/C10H12N4O/c1-7-3-4-9(8(2)12-7)14-6-11-13-10(14)5-15/h3-4,6,15H,5H2,1-2H3. The van der Waals surface area contributed by atoms with Crippen LogP contribution in [0.2, 0.25) is 0 Å². The van der Waals surface area contributed by atoms with E-state index in [1.54, 1.807) is 10.9 Å². The molecule has 0 aliphatic heterocycles. The topological polar surface area (TPSA) is 63.8 Å². The Morgan fingerprint density at radius 1 is 1.33 bits per heavy atom. The zero-order valence-corrected chi connectivity index (χ0v) is 8.68. The van der Waals surface area contributed by atoms with E-state index in [9.17, 15) is 0 Å². The number of pyridine rings is 1. The third kappa shape index (κ3) is 1.73. The van der Waals surface area contributed by atoms with Gasteiger partial charge < -0.3 is 5.11 Å². The van der Waals surface area contributed by atoms with Gasteiger partial charge in [-0.15, -0.1) is 10.2 Å². The average Bonchev–Trinajstić information content (AvgIpc) is 2.65. The second-order valence-electron chi connectivity index (χ2n) is 3.33. The number of aromatic nitrogens is 4. The maximum Gasteiger partial charge on any atom is 0.163 e. The van der Waals surface area contributed by atoms with Crippen molar-refractivity contribution in [2.24, 2.45) is 0 Å². The van der Waals surface area contributed by atoms with Crippen molar-refractivity contribution < 1.29 is 5.11 Å². The van der Waals surface area contributed by atoms with E-state index in [1.807, 2.05) is 26.0 Å². The largest absolute Gasteiger partial charge is 0.388 e. The summed E-state index contributed by atoms with van der Waals surface area (Å²) >= 11 is 0. The fourth-order valence-corrected chi connectivity index (χ4v) is 1.50. The zero-order valence-electron chi connectivity index (χ0n) is 8.68. The van der Waals surface area contributed by atoms with E-state index in [0.717, 1.165) is 17.1 Å². The maximum atomic E-state index is 9.07. The van der Waals surface area contributed by atoms with E-state index in [4.69, 9.17) is 5.11 Å². The molecular formula is C10H12N4O. The second-order valence-corrected chi connectivity index (χ2v) is 3.33. The van der Waals surface area contributed by atoms with Crippen molar-refractivity contribution in [1.29, 1.82) is 0 Å². The van der Waals surface area contributed by atoms with Gasteiger partial charge in [-0.1, -0.05) is 0 Å². The first kappa shape index (κ1) is 9.79. The molecule has 78 valence electrons. The summed E-state index contributed by atoms with van der Waals surface area (Å²) in [6.07, 6.45) is 1.57. The number of aryl methyl sites for hydroxylation is 2. The quantitative estimate of drug-likeness (QED) is 0.784. The molecule has 2 rings (SSSR count). The van der Waals surface area contributed by atoms with Crippen molar-refractivity contribution in [2.75, 3.05) is 0 Å². The maximum absolute atomic E-state index is 9.07. The molecule has 2 aromatic heterocycles. The van der Waals surface area contributed by atoms with Crippen LogP contribution in [0.3, 0.4) is 0 Å². The molecule has 2 aromatic rings. The van der Waals surface area contributed by atoms with Crippen molar-refractivity contribution in [2.45, 2.75) is 20.5 Å². The summed E-state index contributed by atoms with van der Waals surface area (Å²) in [4.78, 5) is 4.35. The van der Waals surface area contributed by atoms with Gasteiger partial charge in [0.05, 0.1) is 11.4 Å². The molecule has 0 radical (unpaired) electrons. The van der Waals surface area contributed by atoms with Gasteiger partial charge in [0, 0.05) is 5.69 Å². The van der Waals surface area contributed by atoms with Gasteiger partial charge in [0.25, 0.3) is 0 Å². The van der Waals surface area contributed by atoms with Gasteiger partial charge in [-0.2, -0.15) is 0 Å². The Morgan fingerprint density at radius 3 is 2.80 bits per heavy atom. The van der Waals surface area contributed by atoms with Gasteiger partial charge in [-0.3, -0.25) is 9.55 Å². The fraction of sp³-hybridized carbons (Fsp3) is 0.300. The lowest BCUT2D eigenvalue weighted by molar-refractivity contribution is 0.269. The minimum Gasteiger partial charge on any atom is -0.388 e. The molecule has 0 fully saturated rings. The number of aliphatic hydroxyl groups excluding tert-OH is 1. The molecule has 0 aliphatic carbocycles. The van der Waals surface area contributed by atoms with Crippen LogP contribution in [0.5, 0.6) is 0 Å². The molecule has 0 unspecified atom stereocenters. The van der Waals surface area contributed by atoms with E-state index in [-0.39, 0.29) is 6.61 Å². The molecule has 0 amide bonds. The molecule has 0 spiro atoms. The Bertz CT molecular complexity index is 478. The highest BCUT2D eigenvalue weighted by Crippen LogP contribution is 2.13. The molecule has 0 atom stereocenters. The van der Waals surface area contributed by atoms with Crippen LogP contribution in [-0.2, 0) is 6.61 Å². The molecule has 5 heteroatoms. The number of aliphatic hydroxyl groups is 1. The van der Waals surface area contributed by atoms with E-state index in [0.29, 0.717) is 5.82 Å². The minimum absolute atomic E-state index is 0.132. The van der Waals surface area contributed by atoms with Crippen molar-refractivity contribution in [3.8, 4) is 5.69 Å². The normalized spacial score (nSPS) is 10.6. The Kier molecular flexibility index (Phi) is 2.47. The molecule has 0 bridgehead atoms. The van der Waals surface area contributed by atoms with Crippen molar-refractivity contribution >= 4 is 0 Å². The lowest BCUT2D eigenvalue weighted by Gasteiger charge is -2.08. The van der Waals surface area contributed by atoms with Crippen LogP contribution in [0.25, 0.3) is 5.69 Å². The van der Waals surface area contributed by atoms with Gasteiger partial charge in [0.1, 0.15) is 12.9 Å². The van der Waals surface area contributed by atoms with Crippen LogP contribution < -0.4 is 0 Å². The predicted octanol–water partition coefficient (Wildman–Crippen LogP) is 0.771. The van der Waals surface area contributed by atoms with Gasteiger partial charge in [-0.05, 0) is 26.0 Å². The molecule has 0 aromatic carbocycles. The van der Waals surface area contributed by atoms with Crippen LogP contribution in [0.15, 0.2) is 18.5 Å². The molecule has 0 saturated heterocycles. The highest BCUT2D eigenvalue weighted by atomic mass is 16.3. The summed E-state index contributed by atoms with van der Waals surface area (Å²) in [6, 6.07) is 3.86. The fourth-order valence-electron chi connectivity index (χ4n) is 1.50. The van der Waals surface area contributed by atoms with E-state index in [1.165, 1.54) is 0 Å². The lowest BCUT2D eigenvalue weighted by atomic mass is 10.2. The highest BCUT2D eigenvalue weighted by Gasteiger charge is 2.07. The first-order valence-electron chi connectivity index (χ1n) is 4.66. The summed E-state index contributed by atoms with van der Waals surface area (Å²) in [5.41, 5.74) is 2.76. The summed E-state index contributed by atoms with van der Waals surface area (Å²) in [6.45, 7) is 3.73. The third-order valence-corrected chi connectivity index (χ3v) is 2.22. The molecule has 0 aliphatic rings. The van der Waals surface area contributed by atoms with Crippen molar-refractivity contribution in [3.63, 3.8) is 0 Å². The highest BCUT2D eigenvalue weighted by molar-refractivity contribution is 5.37. The smallest absolute Gasteiger partial charge is 0.163 e. The SMILES string of the molecule is Cc1ccc(-n2cnnc2CO)c(C)n1. The van der Waals surface area contributed by atoms with Gasteiger partial charge in [0.2, 0.25) is 0 Å². The molecule has 15 heavy (non-hydrogen) atoms. The summed E-state index contributed by atoms with van der Waals surface area (Å²) < 4.78 is 1.74. The van der Waals surface area contributed by atoms with Crippen LogP contribution >= 0.6 is 0 Å². The van der Waals surface area contributed by atoms with Crippen molar-refractivity contribution in [1.82, 2.24) is 19.7 Å². The molecule has 0 saturated carbocycles. The zero-order chi connectivity index (χ0) is 10.8. The van der Waals surface area contributed by atoms with E-state index < -0.39 is 0 Å². The van der Waals surface area contributed by atoms with Crippen LogP contribution in [0.4, 0.5) is 0 Å². The van der Waals surface area contributed by atoms with E-state index >= 15 is 0 Å². The summed E-state index contributed by atoms with van der Waals surface area (Å²) in [5.74, 6) is 0.517. The van der Waals surface area contributed by atoms with Crippen molar-refractivity contribution in [3.05, 3.63) is 35.7 Å². The van der Waals surface area contributed by atoms with Crippen LogP contribution in [-0.4, -0.2) is 24.9 Å².